The molecule has 0 bridgehead atoms. The highest BCUT2D eigenvalue weighted by Gasteiger charge is 2.07. The van der Waals surface area contributed by atoms with Crippen LogP contribution in [0.1, 0.15) is 16.8 Å². The molecule has 0 fully saturated rings. The molecule has 0 spiro atoms. The molecule has 0 atom stereocenters. The van der Waals surface area contributed by atoms with Crippen molar-refractivity contribution < 1.29 is 9.84 Å². The number of imidazole rings is 1. The van der Waals surface area contributed by atoms with Crippen molar-refractivity contribution in [1.82, 2.24) is 9.13 Å². The number of aromatic hydroxyl groups is 1. The van der Waals surface area contributed by atoms with Crippen LogP contribution in [0.3, 0.4) is 0 Å². The van der Waals surface area contributed by atoms with E-state index in [1.807, 2.05) is 58.8 Å². The summed E-state index contributed by atoms with van der Waals surface area (Å²) in [7, 11) is 3.56. The molecular weight excluding hydrogens is 302 g/mol. The van der Waals surface area contributed by atoms with Gasteiger partial charge >= 0.3 is 0 Å². The van der Waals surface area contributed by atoms with Crippen molar-refractivity contribution in [1.29, 1.82) is 5.41 Å². The summed E-state index contributed by atoms with van der Waals surface area (Å²) in [6.07, 6.45) is 2.73. The Bertz CT molecular complexity index is 874. The second-order valence-corrected chi connectivity index (χ2v) is 5.82. The van der Waals surface area contributed by atoms with E-state index in [1.165, 1.54) is 0 Å². The minimum Gasteiger partial charge on any atom is -0.508 e. The first-order valence-corrected chi connectivity index (χ1v) is 7.77. The van der Waals surface area contributed by atoms with Gasteiger partial charge < -0.3 is 19.0 Å². The Morgan fingerprint density at radius 1 is 1.00 bits per heavy atom. The Labute approximate surface area is 140 Å². The summed E-state index contributed by atoms with van der Waals surface area (Å²) in [5.41, 5.74) is 3.74. The van der Waals surface area contributed by atoms with Gasteiger partial charge in [-0.2, -0.15) is 0 Å². The number of hydrogen-bond donors (Lipinski definition) is 2. The zero-order valence-electron chi connectivity index (χ0n) is 13.9. The molecule has 3 aromatic rings. The largest absolute Gasteiger partial charge is 0.508 e. The summed E-state index contributed by atoms with van der Waals surface area (Å²) in [5.74, 6) is 1.09. The Hall–Kier alpha value is -2.95. The normalized spacial score (nSPS) is 10.8. The molecule has 0 aliphatic carbocycles. The highest BCUT2D eigenvalue weighted by Crippen LogP contribution is 2.15. The highest BCUT2D eigenvalue weighted by atomic mass is 16.5. The standard InChI is InChI=1S/C19H21N3O2/c1-21-16(11-14-3-7-17(23)8-4-14)13-22(19(21)20)12-15-5-9-18(24-2)10-6-15/h3-10,13,20,23H,11-12H2,1-2H3. The lowest BCUT2D eigenvalue weighted by Gasteiger charge is -2.04. The van der Waals surface area contributed by atoms with E-state index in [9.17, 15) is 5.11 Å². The van der Waals surface area contributed by atoms with Crippen LogP contribution in [0, 0.1) is 5.41 Å². The van der Waals surface area contributed by atoms with Crippen LogP contribution in [0.2, 0.25) is 0 Å². The van der Waals surface area contributed by atoms with Gasteiger partial charge in [-0.15, -0.1) is 0 Å². The number of nitrogens with zero attached hydrogens (tertiary/aromatic N) is 2. The third-order valence-electron chi connectivity index (χ3n) is 4.16. The molecule has 3 rings (SSSR count). The molecule has 24 heavy (non-hydrogen) atoms. The number of phenolic OH excluding ortho intramolecular Hbond substituents is 1. The van der Waals surface area contributed by atoms with E-state index in [1.54, 1.807) is 19.2 Å². The first-order chi connectivity index (χ1) is 11.6. The van der Waals surface area contributed by atoms with Crippen molar-refractivity contribution in [2.45, 2.75) is 13.0 Å². The zero-order chi connectivity index (χ0) is 17.1. The molecule has 1 aromatic heterocycles. The van der Waals surface area contributed by atoms with Crippen LogP contribution in [0.5, 0.6) is 11.5 Å². The molecule has 0 aliphatic rings. The Balaban J connectivity index is 1.82. The Morgan fingerprint density at radius 3 is 2.25 bits per heavy atom. The van der Waals surface area contributed by atoms with Gasteiger partial charge in [0.2, 0.25) is 5.62 Å². The lowest BCUT2D eigenvalue weighted by atomic mass is 10.1. The second-order valence-electron chi connectivity index (χ2n) is 5.82. The van der Waals surface area contributed by atoms with Crippen LogP contribution < -0.4 is 10.4 Å². The molecule has 0 unspecified atom stereocenters. The third-order valence-corrected chi connectivity index (χ3v) is 4.16. The van der Waals surface area contributed by atoms with Gasteiger partial charge in [-0.25, -0.2) is 0 Å². The van der Waals surface area contributed by atoms with E-state index in [0.717, 1.165) is 29.0 Å². The molecule has 0 aliphatic heterocycles. The zero-order valence-corrected chi connectivity index (χ0v) is 13.9. The number of aromatic nitrogens is 2. The number of nitrogens with one attached hydrogen (secondary N) is 1. The maximum atomic E-state index is 9.38. The lowest BCUT2D eigenvalue weighted by Crippen LogP contribution is -2.23. The van der Waals surface area contributed by atoms with Gasteiger partial charge in [0, 0.05) is 25.4 Å². The summed E-state index contributed by atoms with van der Waals surface area (Å²) < 4.78 is 8.99. The molecule has 0 radical (unpaired) electrons. The smallest absolute Gasteiger partial charge is 0.202 e. The van der Waals surface area contributed by atoms with Crippen molar-refractivity contribution in [2.24, 2.45) is 7.05 Å². The number of phenols is 1. The van der Waals surface area contributed by atoms with Crippen molar-refractivity contribution in [3.63, 3.8) is 0 Å². The summed E-state index contributed by atoms with van der Waals surface area (Å²) >= 11 is 0. The number of ether oxygens (including phenoxy) is 1. The highest BCUT2D eigenvalue weighted by molar-refractivity contribution is 5.29. The first kappa shape index (κ1) is 15.9. The summed E-state index contributed by atoms with van der Waals surface area (Å²) in [4.78, 5) is 0. The fraction of sp³-hybridized carbons (Fsp3) is 0.211. The van der Waals surface area contributed by atoms with Gasteiger partial charge in [0.15, 0.2) is 0 Å². The summed E-state index contributed by atoms with van der Waals surface area (Å²) in [6, 6.07) is 15.1. The number of hydrogen-bond acceptors (Lipinski definition) is 3. The molecule has 5 heteroatoms. The van der Waals surface area contributed by atoms with Gasteiger partial charge in [0.05, 0.1) is 13.7 Å². The third kappa shape index (κ3) is 3.35. The summed E-state index contributed by atoms with van der Waals surface area (Å²) in [5, 5.41) is 17.7. The molecule has 0 saturated heterocycles. The fourth-order valence-electron chi connectivity index (χ4n) is 2.69. The van der Waals surface area contributed by atoms with E-state index >= 15 is 0 Å². The molecule has 1 heterocycles. The molecule has 2 N–H and O–H groups in total. The van der Waals surface area contributed by atoms with Gasteiger partial charge in [0.25, 0.3) is 0 Å². The first-order valence-electron chi connectivity index (χ1n) is 7.77. The predicted octanol–water partition coefficient (Wildman–Crippen LogP) is 2.66. The second kappa shape index (κ2) is 6.66. The van der Waals surface area contributed by atoms with E-state index in [2.05, 4.69) is 0 Å². The van der Waals surface area contributed by atoms with Gasteiger partial charge in [-0.1, -0.05) is 24.3 Å². The van der Waals surface area contributed by atoms with Gasteiger partial charge in [-0.3, -0.25) is 5.41 Å². The summed E-state index contributed by atoms with van der Waals surface area (Å²) in [6.45, 7) is 0.645. The van der Waals surface area contributed by atoms with E-state index in [-0.39, 0.29) is 5.75 Å². The average molecular weight is 323 g/mol. The van der Waals surface area contributed by atoms with Crippen molar-refractivity contribution in [2.75, 3.05) is 7.11 Å². The van der Waals surface area contributed by atoms with Crippen molar-refractivity contribution in [3.05, 3.63) is 77.2 Å². The minimum absolute atomic E-state index is 0.265. The van der Waals surface area contributed by atoms with E-state index in [0.29, 0.717) is 12.2 Å². The number of rotatable bonds is 5. The molecule has 0 amide bonds. The Morgan fingerprint density at radius 2 is 1.62 bits per heavy atom. The average Bonchev–Trinajstić information content (AvgIpc) is 2.86. The molecule has 124 valence electrons. The molecule has 5 nitrogen and oxygen atoms in total. The van der Waals surface area contributed by atoms with Crippen molar-refractivity contribution >= 4 is 0 Å². The lowest BCUT2D eigenvalue weighted by molar-refractivity contribution is 0.414. The van der Waals surface area contributed by atoms with Crippen LogP contribution in [-0.2, 0) is 20.0 Å². The minimum atomic E-state index is 0.265. The maximum Gasteiger partial charge on any atom is 0.202 e. The SMILES string of the molecule is COc1ccc(Cn2cc(Cc3ccc(O)cc3)n(C)c2=N)cc1. The molecule has 0 saturated carbocycles. The fourth-order valence-corrected chi connectivity index (χ4v) is 2.69. The number of methoxy groups -OCH3 is 1. The molecular formula is C19H21N3O2. The van der Waals surface area contributed by atoms with Crippen LogP contribution in [-0.4, -0.2) is 21.4 Å². The van der Waals surface area contributed by atoms with Gasteiger partial charge in [-0.05, 0) is 35.4 Å². The number of benzene rings is 2. The van der Waals surface area contributed by atoms with Crippen LogP contribution in [0.25, 0.3) is 0 Å². The van der Waals surface area contributed by atoms with Gasteiger partial charge in [0.1, 0.15) is 11.5 Å². The van der Waals surface area contributed by atoms with E-state index < -0.39 is 0 Å². The molecule has 2 aromatic carbocycles. The monoisotopic (exact) mass is 323 g/mol. The van der Waals surface area contributed by atoms with Crippen LogP contribution in [0.4, 0.5) is 0 Å². The quantitative estimate of drug-likeness (QED) is 0.758. The van der Waals surface area contributed by atoms with E-state index in [4.69, 9.17) is 10.1 Å². The van der Waals surface area contributed by atoms with Crippen LogP contribution in [0.15, 0.2) is 54.7 Å². The predicted molar refractivity (Wildman–Crippen MR) is 92.3 cm³/mol. The maximum absolute atomic E-state index is 9.38. The topological polar surface area (TPSA) is 63.2 Å². The Kier molecular flexibility index (Phi) is 4.42. The van der Waals surface area contributed by atoms with Crippen molar-refractivity contribution in [3.8, 4) is 11.5 Å². The van der Waals surface area contributed by atoms with Crippen LogP contribution >= 0.6 is 0 Å².